The normalized spacial score (nSPS) is 17.6. The van der Waals surface area contributed by atoms with Crippen LogP contribution in [0.2, 0.25) is 0 Å². The molecule has 0 aliphatic carbocycles. The van der Waals surface area contributed by atoms with Crippen molar-refractivity contribution in [2.75, 3.05) is 19.6 Å². The number of benzene rings is 1. The molecule has 0 N–H and O–H groups in total. The number of nitrogens with zero attached hydrogens (tertiary/aromatic N) is 1. The second-order valence-electron chi connectivity index (χ2n) is 4.63. The lowest BCUT2D eigenvalue weighted by Crippen LogP contribution is -2.30. The second-order valence-corrected chi connectivity index (χ2v) is 4.63. The summed E-state index contributed by atoms with van der Waals surface area (Å²) < 4.78 is 12.7. The molecule has 1 aliphatic heterocycles. The lowest BCUT2D eigenvalue weighted by atomic mass is 10.1. The van der Waals surface area contributed by atoms with E-state index in [0.717, 1.165) is 6.42 Å². The molecule has 0 saturated carbocycles. The maximum atomic E-state index is 12.7. The summed E-state index contributed by atoms with van der Waals surface area (Å²) in [5.41, 5.74) is 1.25. The van der Waals surface area contributed by atoms with Gasteiger partial charge in [-0.25, -0.2) is 4.39 Å². The largest absolute Gasteiger partial charge is 0.303 e. The molecule has 1 nitrogen and oxygen atoms in total. The van der Waals surface area contributed by atoms with Gasteiger partial charge in [0.2, 0.25) is 0 Å². The van der Waals surface area contributed by atoms with Gasteiger partial charge in [0, 0.05) is 0 Å². The summed E-state index contributed by atoms with van der Waals surface area (Å²) in [6, 6.07) is 6.89. The minimum atomic E-state index is -0.139. The van der Waals surface area contributed by atoms with Crippen LogP contribution in [0.4, 0.5) is 4.39 Å². The number of halogens is 1. The van der Waals surface area contributed by atoms with Crippen LogP contribution in [0.3, 0.4) is 0 Å². The fraction of sp³-hybridized carbons (Fsp3) is 0.571. The van der Waals surface area contributed by atoms with Crippen LogP contribution in [0.25, 0.3) is 0 Å². The first-order valence-electron chi connectivity index (χ1n) is 6.31. The Kier molecular flexibility index (Phi) is 4.34. The van der Waals surface area contributed by atoms with Crippen LogP contribution in [0.1, 0.15) is 31.2 Å². The average molecular weight is 221 g/mol. The second kappa shape index (κ2) is 6.00. The lowest BCUT2D eigenvalue weighted by molar-refractivity contribution is 0.226. The summed E-state index contributed by atoms with van der Waals surface area (Å²) in [6.07, 6.45) is 6.37. The smallest absolute Gasteiger partial charge is 0.123 e. The van der Waals surface area contributed by atoms with Crippen molar-refractivity contribution in [3.63, 3.8) is 0 Å². The van der Waals surface area contributed by atoms with E-state index in [1.807, 2.05) is 12.1 Å². The summed E-state index contributed by atoms with van der Waals surface area (Å²) in [7, 11) is 0. The Bertz CT molecular complexity index is 301. The molecular formula is C14H20FN. The van der Waals surface area contributed by atoms with Crippen molar-refractivity contribution < 1.29 is 4.39 Å². The molecule has 1 saturated heterocycles. The average Bonchev–Trinajstić information content (AvgIpc) is 2.33. The van der Waals surface area contributed by atoms with E-state index in [0.29, 0.717) is 0 Å². The molecule has 1 aromatic rings. The number of hydrogen-bond donors (Lipinski definition) is 0. The van der Waals surface area contributed by atoms with E-state index in [9.17, 15) is 4.39 Å². The highest BCUT2D eigenvalue weighted by atomic mass is 19.1. The Morgan fingerprint density at radius 1 is 1.00 bits per heavy atom. The Labute approximate surface area is 97.3 Å². The predicted molar refractivity (Wildman–Crippen MR) is 65.0 cm³/mol. The number of hydrogen-bond acceptors (Lipinski definition) is 1. The highest BCUT2D eigenvalue weighted by Gasteiger charge is 2.08. The molecule has 1 fully saturated rings. The quantitative estimate of drug-likeness (QED) is 0.754. The first kappa shape index (κ1) is 11.6. The number of likely N-dealkylation sites (tertiary alicyclic amines) is 1. The molecule has 16 heavy (non-hydrogen) atoms. The van der Waals surface area contributed by atoms with Gasteiger partial charge in [0.05, 0.1) is 0 Å². The van der Waals surface area contributed by atoms with E-state index >= 15 is 0 Å². The fourth-order valence-corrected chi connectivity index (χ4v) is 2.34. The van der Waals surface area contributed by atoms with Crippen LogP contribution in [0.5, 0.6) is 0 Å². The Balaban J connectivity index is 1.69. The molecule has 0 amide bonds. The SMILES string of the molecule is Fc1ccc(CCCN2CCCCC2)cc1. The van der Waals surface area contributed by atoms with Gasteiger partial charge in [0.15, 0.2) is 0 Å². The highest BCUT2D eigenvalue weighted by Crippen LogP contribution is 2.10. The molecular weight excluding hydrogens is 201 g/mol. The zero-order valence-corrected chi connectivity index (χ0v) is 9.79. The van der Waals surface area contributed by atoms with Crippen molar-refractivity contribution in [3.8, 4) is 0 Å². The molecule has 1 aromatic carbocycles. The van der Waals surface area contributed by atoms with E-state index in [1.165, 1.54) is 50.9 Å². The van der Waals surface area contributed by atoms with Gasteiger partial charge in [-0.2, -0.15) is 0 Å². The van der Waals surface area contributed by atoms with Gasteiger partial charge >= 0.3 is 0 Å². The van der Waals surface area contributed by atoms with Crippen molar-refractivity contribution in [2.45, 2.75) is 32.1 Å². The van der Waals surface area contributed by atoms with Gasteiger partial charge in [-0.15, -0.1) is 0 Å². The van der Waals surface area contributed by atoms with Crippen molar-refractivity contribution in [1.29, 1.82) is 0 Å². The topological polar surface area (TPSA) is 3.24 Å². The van der Waals surface area contributed by atoms with Crippen LogP contribution < -0.4 is 0 Å². The molecule has 1 heterocycles. The van der Waals surface area contributed by atoms with Gasteiger partial charge in [-0.3, -0.25) is 0 Å². The third kappa shape index (κ3) is 3.60. The molecule has 0 spiro atoms. The molecule has 1 aliphatic rings. The summed E-state index contributed by atoms with van der Waals surface area (Å²) in [4.78, 5) is 2.55. The summed E-state index contributed by atoms with van der Waals surface area (Å²) in [5.74, 6) is -0.139. The summed E-state index contributed by atoms with van der Waals surface area (Å²) in [5, 5.41) is 0. The Morgan fingerprint density at radius 3 is 2.38 bits per heavy atom. The van der Waals surface area contributed by atoms with E-state index in [4.69, 9.17) is 0 Å². The van der Waals surface area contributed by atoms with Crippen LogP contribution in [-0.2, 0) is 6.42 Å². The summed E-state index contributed by atoms with van der Waals surface area (Å²) >= 11 is 0. The molecule has 0 unspecified atom stereocenters. The van der Waals surface area contributed by atoms with Crippen LogP contribution in [0.15, 0.2) is 24.3 Å². The van der Waals surface area contributed by atoms with E-state index < -0.39 is 0 Å². The minimum Gasteiger partial charge on any atom is -0.303 e. The zero-order chi connectivity index (χ0) is 11.2. The van der Waals surface area contributed by atoms with Crippen LogP contribution >= 0.6 is 0 Å². The third-order valence-electron chi connectivity index (χ3n) is 3.30. The number of rotatable bonds is 4. The monoisotopic (exact) mass is 221 g/mol. The van der Waals surface area contributed by atoms with Gasteiger partial charge in [-0.05, 0) is 63.0 Å². The third-order valence-corrected chi connectivity index (χ3v) is 3.30. The van der Waals surface area contributed by atoms with Crippen molar-refractivity contribution in [3.05, 3.63) is 35.6 Å². The number of piperidine rings is 1. The predicted octanol–water partition coefficient (Wildman–Crippen LogP) is 3.24. The standard InChI is InChI=1S/C14H20FN/c15-14-8-6-13(7-9-14)5-4-12-16-10-2-1-3-11-16/h6-9H,1-5,10-12H2. The van der Waals surface area contributed by atoms with E-state index in [-0.39, 0.29) is 5.82 Å². The van der Waals surface area contributed by atoms with Gasteiger partial charge < -0.3 is 4.90 Å². The number of aryl methyl sites for hydroxylation is 1. The Hall–Kier alpha value is -0.890. The molecule has 0 atom stereocenters. The van der Waals surface area contributed by atoms with Gasteiger partial charge in [0.1, 0.15) is 5.82 Å². The summed E-state index contributed by atoms with van der Waals surface area (Å²) in [6.45, 7) is 3.73. The Morgan fingerprint density at radius 2 is 1.69 bits per heavy atom. The van der Waals surface area contributed by atoms with Gasteiger partial charge in [0.25, 0.3) is 0 Å². The minimum absolute atomic E-state index is 0.139. The highest BCUT2D eigenvalue weighted by molar-refractivity contribution is 5.15. The maximum absolute atomic E-state index is 12.7. The van der Waals surface area contributed by atoms with Crippen molar-refractivity contribution >= 4 is 0 Å². The molecule has 88 valence electrons. The molecule has 0 bridgehead atoms. The first-order valence-corrected chi connectivity index (χ1v) is 6.31. The molecule has 2 rings (SSSR count). The fourth-order valence-electron chi connectivity index (χ4n) is 2.34. The molecule has 2 heteroatoms. The van der Waals surface area contributed by atoms with Crippen molar-refractivity contribution in [2.24, 2.45) is 0 Å². The van der Waals surface area contributed by atoms with E-state index in [1.54, 1.807) is 12.1 Å². The maximum Gasteiger partial charge on any atom is 0.123 e. The first-order chi connectivity index (χ1) is 7.84. The molecule has 0 aromatic heterocycles. The van der Waals surface area contributed by atoms with Crippen LogP contribution in [-0.4, -0.2) is 24.5 Å². The van der Waals surface area contributed by atoms with Crippen LogP contribution in [0, 0.1) is 5.82 Å². The van der Waals surface area contributed by atoms with E-state index in [2.05, 4.69) is 4.90 Å². The van der Waals surface area contributed by atoms with Gasteiger partial charge in [-0.1, -0.05) is 18.6 Å². The molecule has 0 radical (unpaired) electrons. The lowest BCUT2D eigenvalue weighted by Gasteiger charge is -2.26. The van der Waals surface area contributed by atoms with Crippen molar-refractivity contribution in [1.82, 2.24) is 4.90 Å². The zero-order valence-electron chi connectivity index (χ0n) is 9.79.